The van der Waals surface area contributed by atoms with Gasteiger partial charge in [0.25, 0.3) is 0 Å². The van der Waals surface area contributed by atoms with Crippen LogP contribution in [0.4, 0.5) is 0 Å². The number of aldehydes is 1. The van der Waals surface area contributed by atoms with Gasteiger partial charge >= 0.3 is 0 Å². The van der Waals surface area contributed by atoms with Crippen molar-refractivity contribution in [3.05, 3.63) is 42.0 Å². The molecule has 0 radical (unpaired) electrons. The SMILES string of the molecule is CC(C)(C)Oc1cccc(CC=CC=O)c1. The van der Waals surface area contributed by atoms with Crippen molar-refractivity contribution in [3.8, 4) is 5.75 Å². The minimum Gasteiger partial charge on any atom is -0.488 e. The number of hydrogen-bond acceptors (Lipinski definition) is 2. The zero-order valence-electron chi connectivity index (χ0n) is 10.1. The summed E-state index contributed by atoms with van der Waals surface area (Å²) in [7, 11) is 0. The Morgan fingerprint density at radius 2 is 2.06 bits per heavy atom. The summed E-state index contributed by atoms with van der Waals surface area (Å²) >= 11 is 0. The predicted molar refractivity (Wildman–Crippen MR) is 65.7 cm³/mol. The molecule has 1 aromatic carbocycles. The normalized spacial score (nSPS) is 11.7. The molecule has 0 saturated carbocycles. The van der Waals surface area contributed by atoms with Crippen molar-refractivity contribution in [1.29, 1.82) is 0 Å². The average Bonchev–Trinajstić information content (AvgIpc) is 2.16. The Morgan fingerprint density at radius 3 is 2.69 bits per heavy atom. The Hall–Kier alpha value is -1.57. The van der Waals surface area contributed by atoms with E-state index in [2.05, 4.69) is 0 Å². The van der Waals surface area contributed by atoms with Gasteiger partial charge in [0.15, 0.2) is 0 Å². The van der Waals surface area contributed by atoms with Gasteiger partial charge < -0.3 is 4.74 Å². The van der Waals surface area contributed by atoms with Crippen molar-refractivity contribution < 1.29 is 9.53 Å². The Bertz CT molecular complexity index is 373. The Morgan fingerprint density at radius 1 is 1.31 bits per heavy atom. The van der Waals surface area contributed by atoms with Crippen LogP contribution in [0.15, 0.2) is 36.4 Å². The van der Waals surface area contributed by atoms with E-state index in [9.17, 15) is 4.79 Å². The molecular weight excluding hydrogens is 200 g/mol. The van der Waals surface area contributed by atoms with Gasteiger partial charge in [0.2, 0.25) is 0 Å². The summed E-state index contributed by atoms with van der Waals surface area (Å²) in [5.74, 6) is 0.865. The summed E-state index contributed by atoms with van der Waals surface area (Å²) in [6, 6.07) is 7.93. The highest BCUT2D eigenvalue weighted by Gasteiger charge is 2.11. The highest BCUT2D eigenvalue weighted by atomic mass is 16.5. The van der Waals surface area contributed by atoms with Crippen LogP contribution in [0.3, 0.4) is 0 Å². The van der Waals surface area contributed by atoms with Gasteiger partial charge in [-0.3, -0.25) is 4.79 Å². The fraction of sp³-hybridized carbons (Fsp3) is 0.357. The van der Waals surface area contributed by atoms with Gasteiger partial charge in [-0.2, -0.15) is 0 Å². The van der Waals surface area contributed by atoms with Crippen LogP contribution < -0.4 is 4.74 Å². The lowest BCUT2D eigenvalue weighted by molar-refractivity contribution is -0.104. The molecule has 0 fully saturated rings. The summed E-state index contributed by atoms with van der Waals surface area (Å²) in [5.41, 5.74) is 0.955. The molecule has 16 heavy (non-hydrogen) atoms. The first-order valence-corrected chi connectivity index (χ1v) is 5.39. The van der Waals surface area contributed by atoms with Crippen LogP contribution in [0.5, 0.6) is 5.75 Å². The number of benzene rings is 1. The first-order chi connectivity index (χ1) is 7.51. The van der Waals surface area contributed by atoms with Crippen LogP contribution in [0.2, 0.25) is 0 Å². The molecule has 2 nitrogen and oxygen atoms in total. The molecule has 0 spiro atoms. The molecule has 0 amide bonds. The molecule has 1 rings (SSSR count). The molecule has 0 bridgehead atoms. The molecule has 0 unspecified atom stereocenters. The van der Waals surface area contributed by atoms with Crippen LogP contribution >= 0.6 is 0 Å². The second kappa shape index (κ2) is 5.50. The van der Waals surface area contributed by atoms with Gasteiger partial charge in [-0.05, 0) is 51.0 Å². The van der Waals surface area contributed by atoms with Crippen molar-refractivity contribution in [3.63, 3.8) is 0 Å². The first kappa shape index (κ1) is 12.5. The largest absolute Gasteiger partial charge is 0.488 e. The molecule has 0 atom stereocenters. The number of carbonyl (C=O) groups excluding carboxylic acids is 1. The van der Waals surface area contributed by atoms with Crippen molar-refractivity contribution in [2.75, 3.05) is 0 Å². The highest BCUT2D eigenvalue weighted by Crippen LogP contribution is 2.19. The van der Waals surface area contributed by atoms with Crippen molar-refractivity contribution >= 4 is 6.29 Å². The number of ether oxygens (including phenoxy) is 1. The molecule has 0 aromatic heterocycles. The fourth-order valence-electron chi connectivity index (χ4n) is 1.35. The summed E-state index contributed by atoms with van der Waals surface area (Å²) in [6.07, 6.45) is 4.88. The highest BCUT2D eigenvalue weighted by molar-refractivity contribution is 5.64. The molecule has 0 saturated heterocycles. The van der Waals surface area contributed by atoms with E-state index in [1.165, 1.54) is 6.08 Å². The second-order valence-corrected chi connectivity index (χ2v) is 4.63. The van der Waals surface area contributed by atoms with Crippen LogP contribution in [-0.4, -0.2) is 11.9 Å². The fourth-order valence-corrected chi connectivity index (χ4v) is 1.35. The maximum atomic E-state index is 10.1. The van der Waals surface area contributed by atoms with Gasteiger partial charge in [0, 0.05) is 0 Å². The van der Waals surface area contributed by atoms with Gasteiger partial charge in [-0.15, -0.1) is 0 Å². The van der Waals surface area contributed by atoms with E-state index >= 15 is 0 Å². The predicted octanol–water partition coefficient (Wildman–Crippen LogP) is 3.16. The van der Waals surface area contributed by atoms with E-state index in [0.717, 1.165) is 24.0 Å². The van der Waals surface area contributed by atoms with Crippen molar-refractivity contribution in [2.45, 2.75) is 32.8 Å². The van der Waals surface area contributed by atoms with Crippen LogP contribution in [0.1, 0.15) is 26.3 Å². The maximum absolute atomic E-state index is 10.1. The third kappa shape index (κ3) is 4.78. The maximum Gasteiger partial charge on any atom is 0.142 e. The molecule has 2 heteroatoms. The Kier molecular flexibility index (Phi) is 4.29. The minimum atomic E-state index is -0.183. The molecule has 0 N–H and O–H groups in total. The molecule has 0 aliphatic heterocycles. The summed E-state index contributed by atoms with van der Waals surface area (Å²) in [6.45, 7) is 6.06. The van der Waals surface area contributed by atoms with E-state index in [-0.39, 0.29) is 5.60 Å². The number of rotatable bonds is 4. The van der Waals surface area contributed by atoms with E-state index in [0.29, 0.717) is 0 Å². The lowest BCUT2D eigenvalue weighted by Crippen LogP contribution is -2.22. The first-order valence-electron chi connectivity index (χ1n) is 5.39. The quantitative estimate of drug-likeness (QED) is 0.573. The van der Waals surface area contributed by atoms with E-state index in [4.69, 9.17) is 4.74 Å². The second-order valence-electron chi connectivity index (χ2n) is 4.63. The third-order valence-corrected chi connectivity index (χ3v) is 1.89. The van der Waals surface area contributed by atoms with Crippen LogP contribution in [-0.2, 0) is 11.2 Å². The summed E-state index contributed by atoms with van der Waals surface area (Å²) in [4.78, 5) is 10.1. The third-order valence-electron chi connectivity index (χ3n) is 1.89. The molecule has 0 aliphatic rings. The Labute approximate surface area is 96.9 Å². The average molecular weight is 218 g/mol. The van der Waals surface area contributed by atoms with Crippen LogP contribution in [0.25, 0.3) is 0 Å². The standard InChI is InChI=1S/C14H18O2/c1-14(2,3)16-13-9-6-8-12(11-13)7-4-5-10-15/h4-6,8-11H,7H2,1-3H3. The van der Waals surface area contributed by atoms with E-state index < -0.39 is 0 Å². The topological polar surface area (TPSA) is 26.3 Å². The lowest BCUT2D eigenvalue weighted by atomic mass is 10.1. The van der Waals surface area contributed by atoms with E-state index in [1.54, 1.807) is 0 Å². The van der Waals surface area contributed by atoms with Crippen molar-refractivity contribution in [2.24, 2.45) is 0 Å². The lowest BCUT2D eigenvalue weighted by Gasteiger charge is -2.21. The van der Waals surface area contributed by atoms with Gasteiger partial charge in [-0.25, -0.2) is 0 Å². The molecular formula is C14H18O2. The van der Waals surface area contributed by atoms with Gasteiger partial charge in [-0.1, -0.05) is 18.2 Å². The zero-order chi connectivity index (χ0) is 12.0. The number of carbonyl (C=O) groups is 1. The van der Waals surface area contributed by atoms with Crippen molar-refractivity contribution in [1.82, 2.24) is 0 Å². The Balaban J connectivity index is 2.71. The molecule has 0 aliphatic carbocycles. The summed E-state index contributed by atoms with van der Waals surface area (Å²) in [5, 5.41) is 0. The number of allylic oxidation sites excluding steroid dienone is 2. The minimum absolute atomic E-state index is 0.183. The molecule has 86 valence electrons. The van der Waals surface area contributed by atoms with Gasteiger partial charge in [0.05, 0.1) is 0 Å². The molecule has 1 aromatic rings. The zero-order valence-corrected chi connectivity index (χ0v) is 10.1. The monoisotopic (exact) mass is 218 g/mol. The summed E-state index contributed by atoms with van der Waals surface area (Å²) < 4.78 is 5.76. The van der Waals surface area contributed by atoms with Crippen LogP contribution in [0, 0.1) is 0 Å². The smallest absolute Gasteiger partial charge is 0.142 e. The van der Waals surface area contributed by atoms with E-state index in [1.807, 2.05) is 51.1 Å². The molecule has 0 heterocycles. The van der Waals surface area contributed by atoms with Gasteiger partial charge in [0.1, 0.15) is 17.6 Å². The number of hydrogen-bond donors (Lipinski definition) is 0.